The highest BCUT2D eigenvalue weighted by Crippen LogP contribution is 2.25. The van der Waals surface area contributed by atoms with Crippen LogP contribution in [0, 0.1) is 6.92 Å². The number of sulfonamides is 1. The second-order valence-electron chi connectivity index (χ2n) is 7.94. The number of rotatable bonds is 10. The van der Waals surface area contributed by atoms with E-state index in [1.165, 1.54) is 36.4 Å². The van der Waals surface area contributed by atoms with E-state index in [1.807, 2.05) is 6.92 Å². The molecule has 0 aliphatic carbocycles. The van der Waals surface area contributed by atoms with E-state index in [2.05, 4.69) is 10.2 Å². The van der Waals surface area contributed by atoms with Crippen molar-refractivity contribution in [3.8, 4) is 0 Å². The van der Waals surface area contributed by atoms with Crippen molar-refractivity contribution in [2.75, 3.05) is 10.8 Å². The van der Waals surface area contributed by atoms with Crippen LogP contribution in [0.25, 0.3) is 0 Å². The molecule has 3 aromatic carbocycles. The maximum absolute atomic E-state index is 13.5. The number of nitrogens with two attached hydrogens (primary N) is 1. The second kappa shape index (κ2) is 11.5. The molecule has 0 aliphatic heterocycles. The van der Waals surface area contributed by atoms with Gasteiger partial charge in [0.2, 0.25) is 5.91 Å². The van der Waals surface area contributed by atoms with Gasteiger partial charge in [0.05, 0.1) is 22.6 Å². The molecule has 3 rings (SSSR count). The van der Waals surface area contributed by atoms with E-state index in [0.29, 0.717) is 11.1 Å². The number of carboxylic acid groups (broad SMARTS) is 1. The fourth-order valence-electron chi connectivity index (χ4n) is 3.38. The minimum atomic E-state index is -4.16. The zero-order chi connectivity index (χ0) is 26.3. The fraction of sp³-hybridized carbons (Fsp3) is 0.160. The highest BCUT2D eigenvalue weighted by molar-refractivity contribution is 7.92. The number of benzene rings is 3. The summed E-state index contributed by atoms with van der Waals surface area (Å²) in [5.41, 5.74) is 2.08. The predicted molar refractivity (Wildman–Crippen MR) is 131 cm³/mol. The summed E-state index contributed by atoms with van der Waals surface area (Å²) in [5.74, 6) is 2.49. The summed E-state index contributed by atoms with van der Waals surface area (Å²) in [5, 5.41) is 11.8. The minimum Gasteiger partial charge on any atom is -0.478 e. The summed E-state index contributed by atoms with van der Waals surface area (Å²) >= 11 is 0. The van der Waals surface area contributed by atoms with Gasteiger partial charge < -0.3 is 15.3 Å². The van der Waals surface area contributed by atoms with Crippen molar-refractivity contribution in [3.05, 3.63) is 95.1 Å². The van der Waals surface area contributed by atoms with Crippen molar-refractivity contribution in [2.24, 2.45) is 5.90 Å². The zero-order valence-corrected chi connectivity index (χ0v) is 20.2. The molecule has 36 heavy (non-hydrogen) atoms. The number of aromatic carboxylic acids is 1. The Hall–Kier alpha value is -4.22. The molecular weight excluding hydrogens is 486 g/mol. The summed E-state index contributed by atoms with van der Waals surface area (Å²) in [6, 6.07) is 18.4. The van der Waals surface area contributed by atoms with Crippen LogP contribution in [0.15, 0.2) is 77.7 Å². The van der Waals surface area contributed by atoms with E-state index < -0.39 is 34.4 Å². The Morgan fingerprint density at radius 2 is 1.64 bits per heavy atom. The molecule has 0 saturated carbocycles. The van der Waals surface area contributed by atoms with Crippen LogP contribution in [0.4, 0.5) is 5.69 Å². The molecule has 1 amide bonds. The molecule has 188 valence electrons. The number of carboxylic acids is 1. The van der Waals surface area contributed by atoms with E-state index >= 15 is 0 Å². The maximum atomic E-state index is 13.5. The SMILES string of the molecule is Cc1ccc(S(=O)(=O)N(CC(=O)NCc2cccc(C(=O)O)c2)c2cccc(CC(=O)ON)c2)cc1. The quantitative estimate of drug-likeness (QED) is 0.350. The maximum Gasteiger partial charge on any atom is 0.335 e. The zero-order valence-electron chi connectivity index (χ0n) is 19.4. The summed E-state index contributed by atoms with van der Waals surface area (Å²) in [7, 11) is -4.16. The van der Waals surface area contributed by atoms with Crippen LogP contribution >= 0.6 is 0 Å². The van der Waals surface area contributed by atoms with Crippen LogP contribution in [-0.2, 0) is 37.4 Å². The molecule has 0 saturated heterocycles. The lowest BCUT2D eigenvalue weighted by Gasteiger charge is -2.24. The van der Waals surface area contributed by atoms with Gasteiger partial charge in [0, 0.05) is 6.54 Å². The van der Waals surface area contributed by atoms with Gasteiger partial charge in [-0.15, -0.1) is 0 Å². The third-order valence-electron chi connectivity index (χ3n) is 5.24. The smallest absolute Gasteiger partial charge is 0.335 e. The number of amides is 1. The predicted octanol–water partition coefficient (Wildman–Crippen LogP) is 2.16. The van der Waals surface area contributed by atoms with Crippen LogP contribution in [-0.4, -0.2) is 37.9 Å². The van der Waals surface area contributed by atoms with Crippen LogP contribution in [0.5, 0.6) is 0 Å². The number of carbonyl (C=O) groups excluding carboxylic acids is 2. The van der Waals surface area contributed by atoms with E-state index in [9.17, 15) is 22.8 Å². The van der Waals surface area contributed by atoms with Gasteiger partial charge in [0.15, 0.2) is 0 Å². The van der Waals surface area contributed by atoms with Gasteiger partial charge in [0.25, 0.3) is 10.0 Å². The van der Waals surface area contributed by atoms with Crippen molar-refractivity contribution >= 4 is 33.6 Å². The molecule has 0 heterocycles. The third-order valence-corrected chi connectivity index (χ3v) is 7.03. The Morgan fingerprint density at radius 1 is 0.972 bits per heavy atom. The van der Waals surface area contributed by atoms with E-state index in [4.69, 9.17) is 11.0 Å². The average molecular weight is 512 g/mol. The summed E-state index contributed by atoms with van der Waals surface area (Å²) in [6.07, 6.45) is -0.186. The van der Waals surface area contributed by atoms with Crippen molar-refractivity contribution < 1.29 is 32.7 Å². The van der Waals surface area contributed by atoms with Crippen molar-refractivity contribution in [2.45, 2.75) is 24.8 Å². The lowest BCUT2D eigenvalue weighted by molar-refractivity contribution is -0.143. The Morgan fingerprint density at radius 3 is 2.31 bits per heavy atom. The molecular formula is C25H25N3O7S. The largest absolute Gasteiger partial charge is 0.478 e. The first-order chi connectivity index (χ1) is 17.1. The Labute approximate surface area is 208 Å². The lowest BCUT2D eigenvalue weighted by atomic mass is 10.1. The molecule has 0 bridgehead atoms. The first-order valence-corrected chi connectivity index (χ1v) is 12.2. The monoisotopic (exact) mass is 511 g/mol. The van der Waals surface area contributed by atoms with Crippen LogP contribution in [0.1, 0.15) is 27.0 Å². The van der Waals surface area contributed by atoms with Gasteiger partial charge in [-0.3, -0.25) is 13.9 Å². The van der Waals surface area contributed by atoms with Gasteiger partial charge in [-0.05, 0) is 54.4 Å². The minimum absolute atomic E-state index is 0.000747. The number of hydrogen-bond acceptors (Lipinski definition) is 7. The fourth-order valence-corrected chi connectivity index (χ4v) is 4.80. The molecule has 0 spiro atoms. The van der Waals surface area contributed by atoms with Crippen molar-refractivity contribution in [3.63, 3.8) is 0 Å². The van der Waals surface area contributed by atoms with E-state index in [1.54, 1.807) is 36.4 Å². The molecule has 0 unspecified atom stereocenters. The molecule has 0 atom stereocenters. The highest BCUT2D eigenvalue weighted by Gasteiger charge is 2.27. The topological polar surface area (TPSA) is 156 Å². The summed E-state index contributed by atoms with van der Waals surface area (Å²) in [4.78, 5) is 39.8. The number of nitrogens with one attached hydrogen (secondary N) is 1. The number of anilines is 1. The number of carbonyl (C=O) groups is 3. The summed E-state index contributed by atoms with van der Waals surface area (Å²) in [6.45, 7) is 1.27. The van der Waals surface area contributed by atoms with Crippen molar-refractivity contribution in [1.29, 1.82) is 0 Å². The Bertz CT molecular complexity index is 1370. The molecule has 10 nitrogen and oxygen atoms in total. The molecule has 0 aliphatic rings. The Balaban J connectivity index is 1.89. The molecule has 11 heteroatoms. The van der Waals surface area contributed by atoms with E-state index in [-0.39, 0.29) is 29.1 Å². The second-order valence-corrected chi connectivity index (χ2v) is 9.81. The number of aryl methyl sites for hydroxylation is 1. The molecule has 3 aromatic rings. The Kier molecular flexibility index (Phi) is 8.41. The van der Waals surface area contributed by atoms with Crippen molar-refractivity contribution in [1.82, 2.24) is 5.32 Å². The van der Waals surface area contributed by atoms with Crippen LogP contribution < -0.4 is 15.5 Å². The highest BCUT2D eigenvalue weighted by atomic mass is 32.2. The van der Waals surface area contributed by atoms with E-state index in [0.717, 1.165) is 9.87 Å². The van der Waals surface area contributed by atoms with Gasteiger partial charge in [-0.1, -0.05) is 42.0 Å². The van der Waals surface area contributed by atoms with Gasteiger partial charge in [-0.25, -0.2) is 13.2 Å². The normalized spacial score (nSPS) is 10.9. The first kappa shape index (κ1) is 26.4. The standard InChI is InChI=1S/C25H25N3O7S/c1-17-8-10-22(11-9-17)36(33,34)28(21-7-3-4-18(13-21)14-24(30)35-26)16-23(29)27-15-19-5-2-6-20(12-19)25(31)32/h2-13H,14-16,26H2,1H3,(H,27,29)(H,31,32). The molecule has 0 aromatic heterocycles. The van der Waals surface area contributed by atoms with Crippen LogP contribution in [0.2, 0.25) is 0 Å². The molecule has 0 fully saturated rings. The number of nitrogens with zero attached hydrogens (tertiary/aromatic N) is 1. The van der Waals surface area contributed by atoms with Gasteiger partial charge >= 0.3 is 11.9 Å². The molecule has 0 radical (unpaired) electrons. The lowest BCUT2D eigenvalue weighted by Crippen LogP contribution is -2.40. The average Bonchev–Trinajstić information content (AvgIpc) is 2.86. The molecule has 4 N–H and O–H groups in total. The summed E-state index contributed by atoms with van der Waals surface area (Å²) < 4.78 is 28.0. The first-order valence-electron chi connectivity index (χ1n) is 10.8. The van der Waals surface area contributed by atoms with Gasteiger partial charge in [-0.2, -0.15) is 5.90 Å². The number of hydrogen-bond donors (Lipinski definition) is 3. The van der Waals surface area contributed by atoms with Gasteiger partial charge in [0.1, 0.15) is 6.54 Å². The third kappa shape index (κ3) is 6.68. The van der Waals surface area contributed by atoms with Crippen LogP contribution in [0.3, 0.4) is 0 Å².